The van der Waals surface area contributed by atoms with Crippen LogP contribution >= 0.6 is 11.6 Å². The molecule has 0 aliphatic heterocycles. The van der Waals surface area contributed by atoms with Gasteiger partial charge in [0, 0.05) is 5.69 Å². The van der Waals surface area contributed by atoms with Gasteiger partial charge in [-0.15, -0.1) is 0 Å². The molecule has 0 radical (unpaired) electrons. The van der Waals surface area contributed by atoms with Crippen molar-refractivity contribution in [1.82, 2.24) is 0 Å². The lowest BCUT2D eigenvalue weighted by Gasteiger charge is -2.09. The van der Waals surface area contributed by atoms with Crippen LogP contribution in [0.4, 0.5) is 10.1 Å². The molecule has 0 saturated carbocycles. The summed E-state index contributed by atoms with van der Waals surface area (Å²) in [6.45, 7) is -0.210. The van der Waals surface area contributed by atoms with E-state index in [1.807, 2.05) is 42.5 Å². The molecule has 1 N–H and O–H groups in total. The Morgan fingerprint density at radius 2 is 1.83 bits per heavy atom. The van der Waals surface area contributed by atoms with E-state index in [9.17, 15) is 9.18 Å². The summed E-state index contributed by atoms with van der Waals surface area (Å²) in [7, 11) is 0. The van der Waals surface area contributed by atoms with Crippen molar-refractivity contribution >= 4 is 34.0 Å². The van der Waals surface area contributed by atoms with Crippen LogP contribution in [0.25, 0.3) is 10.8 Å². The van der Waals surface area contributed by atoms with Gasteiger partial charge in [-0.3, -0.25) is 4.79 Å². The number of hydrogen-bond donors (Lipinski definition) is 1. The fraction of sp³-hybridized carbons (Fsp3) is 0.0556. The van der Waals surface area contributed by atoms with Crippen LogP contribution in [0.3, 0.4) is 0 Å². The van der Waals surface area contributed by atoms with Crippen LogP contribution in [0.15, 0.2) is 60.7 Å². The predicted molar refractivity (Wildman–Crippen MR) is 89.5 cm³/mol. The lowest BCUT2D eigenvalue weighted by atomic mass is 10.1. The third-order valence-electron chi connectivity index (χ3n) is 3.29. The standard InChI is InChI=1S/C18H13ClFNO2/c19-16-10-14(20)6-8-17(16)23-11-18(22)21-15-7-5-12-3-1-2-4-13(12)9-15/h1-10H,11H2,(H,21,22). The Hall–Kier alpha value is -2.59. The molecule has 1 amide bonds. The summed E-state index contributed by atoms with van der Waals surface area (Å²) in [5.41, 5.74) is 0.683. The average molecular weight is 330 g/mol. The second kappa shape index (κ2) is 6.67. The maximum atomic E-state index is 12.9. The Labute approximate surface area is 137 Å². The Balaban J connectivity index is 1.64. The number of amides is 1. The highest BCUT2D eigenvalue weighted by Crippen LogP contribution is 2.25. The van der Waals surface area contributed by atoms with Crippen LogP contribution < -0.4 is 10.1 Å². The molecule has 5 heteroatoms. The van der Waals surface area contributed by atoms with Gasteiger partial charge in [-0.05, 0) is 41.1 Å². The highest BCUT2D eigenvalue weighted by molar-refractivity contribution is 6.32. The Morgan fingerprint density at radius 1 is 1.04 bits per heavy atom. The van der Waals surface area contributed by atoms with Gasteiger partial charge in [0.15, 0.2) is 6.61 Å². The molecule has 0 bridgehead atoms. The number of carbonyl (C=O) groups excluding carboxylic acids is 1. The third-order valence-corrected chi connectivity index (χ3v) is 3.58. The first-order valence-corrected chi connectivity index (χ1v) is 7.36. The number of nitrogens with one attached hydrogen (secondary N) is 1. The molecule has 3 aromatic carbocycles. The largest absolute Gasteiger partial charge is 0.482 e. The summed E-state index contributed by atoms with van der Waals surface area (Å²) in [5.74, 6) is -0.509. The van der Waals surface area contributed by atoms with Gasteiger partial charge in [0.05, 0.1) is 5.02 Å². The van der Waals surface area contributed by atoms with E-state index in [0.29, 0.717) is 5.69 Å². The van der Waals surface area contributed by atoms with Crippen molar-refractivity contribution in [2.75, 3.05) is 11.9 Å². The number of carbonyl (C=O) groups is 1. The quantitative estimate of drug-likeness (QED) is 0.756. The van der Waals surface area contributed by atoms with Crippen LogP contribution in [-0.2, 0) is 4.79 Å². The molecule has 0 aliphatic rings. The number of rotatable bonds is 4. The zero-order chi connectivity index (χ0) is 16.2. The predicted octanol–water partition coefficient (Wildman–Crippen LogP) is 4.65. The van der Waals surface area contributed by atoms with Crippen molar-refractivity contribution in [2.45, 2.75) is 0 Å². The Morgan fingerprint density at radius 3 is 2.61 bits per heavy atom. The number of ether oxygens (including phenoxy) is 1. The highest BCUT2D eigenvalue weighted by Gasteiger charge is 2.07. The van der Waals surface area contributed by atoms with E-state index in [4.69, 9.17) is 16.3 Å². The van der Waals surface area contributed by atoms with Crippen molar-refractivity contribution < 1.29 is 13.9 Å². The zero-order valence-corrected chi connectivity index (χ0v) is 12.8. The fourth-order valence-corrected chi connectivity index (χ4v) is 2.42. The van der Waals surface area contributed by atoms with Gasteiger partial charge in [0.2, 0.25) is 0 Å². The van der Waals surface area contributed by atoms with Gasteiger partial charge in [-0.25, -0.2) is 4.39 Å². The molecule has 116 valence electrons. The van der Waals surface area contributed by atoms with Gasteiger partial charge in [0.25, 0.3) is 5.91 Å². The molecule has 3 rings (SSSR count). The molecule has 0 saturated heterocycles. The summed E-state index contributed by atoms with van der Waals surface area (Å²) in [6, 6.07) is 17.3. The van der Waals surface area contributed by atoms with Crippen LogP contribution in [-0.4, -0.2) is 12.5 Å². The normalized spacial score (nSPS) is 10.5. The second-order valence-corrected chi connectivity index (χ2v) is 5.38. The van der Waals surface area contributed by atoms with Gasteiger partial charge >= 0.3 is 0 Å². The van der Waals surface area contributed by atoms with E-state index in [0.717, 1.165) is 16.8 Å². The van der Waals surface area contributed by atoms with E-state index < -0.39 is 5.82 Å². The fourth-order valence-electron chi connectivity index (χ4n) is 2.20. The smallest absolute Gasteiger partial charge is 0.262 e. The molecule has 3 aromatic rings. The molecule has 0 fully saturated rings. The molecule has 23 heavy (non-hydrogen) atoms. The number of benzene rings is 3. The van der Waals surface area contributed by atoms with Crippen molar-refractivity contribution in [3.05, 3.63) is 71.5 Å². The number of hydrogen-bond acceptors (Lipinski definition) is 2. The third kappa shape index (κ3) is 3.79. The van der Waals surface area contributed by atoms with E-state index in [1.54, 1.807) is 0 Å². The van der Waals surface area contributed by atoms with Crippen LogP contribution in [0.5, 0.6) is 5.75 Å². The first-order valence-electron chi connectivity index (χ1n) is 6.98. The number of anilines is 1. The van der Waals surface area contributed by atoms with Crippen molar-refractivity contribution in [3.63, 3.8) is 0 Å². The van der Waals surface area contributed by atoms with Crippen LogP contribution in [0, 0.1) is 5.82 Å². The molecule has 3 nitrogen and oxygen atoms in total. The van der Waals surface area contributed by atoms with E-state index in [2.05, 4.69) is 5.32 Å². The van der Waals surface area contributed by atoms with Gasteiger partial charge in [0.1, 0.15) is 11.6 Å². The minimum Gasteiger partial charge on any atom is -0.482 e. The molecule has 0 heterocycles. The van der Waals surface area contributed by atoms with E-state index in [1.165, 1.54) is 12.1 Å². The SMILES string of the molecule is O=C(COc1ccc(F)cc1Cl)Nc1ccc2ccccc2c1. The summed E-state index contributed by atoms with van der Waals surface area (Å²) in [4.78, 5) is 11.9. The van der Waals surface area contributed by atoms with Crippen molar-refractivity contribution in [1.29, 1.82) is 0 Å². The summed E-state index contributed by atoms with van der Waals surface area (Å²) in [5, 5.41) is 5.01. The molecule has 0 aromatic heterocycles. The topological polar surface area (TPSA) is 38.3 Å². The maximum absolute atomic E-state index is 12.9. The molecule has 0 unspecified atom stereocenters. The lowest BCUT2D eigenvalue weighted by Crippen LogP contribution is -2.20. The molecule has 0 atom stereocenters. The lowest BCUT2D eigenvalue weighted by molar-refractivity contribution is -0.118. The molecule has 0 aliphatic carbocycles. The van der Waals surface area contributed by atoms with Crippen LogP contribution in [0.1, 0.15) is 0 Å². The summed E-state index contributed by atoms with van der Waals surface area (Å²) < 4.78 is 18.2. The minimum atomic E-state index is -0.456. The first kappa shape index (κ1) is 15.3. The maximum Gasteiger partial charge on any atom is 0.262 e. The number of halogens is 2. The highest BCUT2D eigenvalue weighted by atomic mass is 35.5. The average Bonchev–Trinajstić information content (AvgIpc) is 2.54. The molecular weight excluding hydrogens is 317 g/mol. The van der Waals surface area contributed by atoms with Gasteiger partial charge in [-0.2, -0.15) is 0 Å². The minimum absolute atomic E-state index is 0.128. The van der Waals surface area contributed by atoms with Gasteiger partial charge in [-0.1, -0.05) is 41.9 Å². The monoisotopic (exact) mass is 329 g/mol. The molecular formula is C18H13ClFNO2. The molecule has 0 spiro atoms. The first-order chi connectivity index (χ1) is 11.1. The van der Waals surface area contributed by atoms with Crippen LogP contribution in [0.2, 0.25) is 5.02 Å². The second-order valence-electron chi connectivity index (χ2n) is 4.97. The Kier molecular flexibility index (Phi) is 4.44. The van der Waals surface area contributed by atoms with Gasteiger partial charge < -0.3 is 10.1 Å². The summed E-state index contributed by atoms with van der Waals surface area (Å²) in [6.07, 6.45) is 0. The van der Waals surface area contributed by atoms with Crippen molar-refractivity contribution in [2.24, 2.45) is 0 Å². The van der Waals surface area contributed by atoms with Crippen molar-refractivity contribution in [3.8, 4) is 5.75 Å². The number of fused-ring (bicyclic) bond motifs is 1. The summed E-state index contributed by atoms with van der Waals surface area (Å²) >= 11 is 5.84. The zero-order valence-electron chi connectivity index (χ0n) is 12.1. The Bertz CT molecular complexity index is 867. The van der Waals surface area contributed by atoms with E-state index in [-0.39, 0.29) is 23.3 Å². The van der Waals surface area contributed by atoms with E-state index >= 15 is 0 Å².